The maximum Gasteiger partial charge on any atom is 0.284 e. The smallest absolute Gasteiger partial charge is 0.284 e. The topological polar surface area (TPSA) is 78.8 Å². The number of benzene rings is 3. The van der Waals surface area contributed by atoms with E-state index in [2.05, 4.69) is 25.6 Å². The first-order chi connectivity index (χ1) is 13.7. The number of rotatable bonds is 4. The van der Waals surface area contributed by atoms with E-state index in [4.69, 9.17) is 11.6 Å². The fraction of sp³-hybridized carbons (Fsp3) is 0.0952. The van der Waals surface area contributed by atoms with E-state index >= 15 is 0 Å². The molecule has 0 unspecified atom stereocenters. The average molecular weight is 494 g/mol. The number of nitrogens with one attached hydrogen (secondary N) is 1. The third-order valence-corrected chi connectivity index (χ3v) is 6.59. The normalized spacial score (nSPS) is 12.1. The van der Waals surface area contributed by atoms with Gasteiger partial charge in [-0.05, 0) is 55.3 Å². The van der Waals surface area contributed by atoms with Crippen LogP contribution in [-0.2, 0) is 10.0 Å². The Hall–Kier alpha value is -2.35. The van der Waals surface area contributed by atoms with E-state index in [1.807, 2.05) is 6.07 Å². The third kappa shape index (κ3) is 4.80. The molecule has 0 aromatic heterocycles. The lowest BCUT2D eigenvalue weighted by atomic mass is 10.1. The molecule has 0 bridgehead atoms. The molecule has 0 saturated carbocycles. The van der Waals surface area contributed by atoms with Gasteiger partial charge in [0.25, 0.3) is 10.0 Å². The van der Waals surface area contributed by atoms with Gasteiger partial charge >= 0.3 is 0 Å². The maximum atomic E-state index is 12.9. The molecule has 0 spiro atoms. The summed E-state index contributed by atoms with van der Waals surface area (Å²) in [6, 6.07) is 16.7. The van der Waals surface area contributed by atoms with Crippen LogP contribution in [0.1, 0.15) is 16.7 Å². The Bertz CT molecular complexity index is 1180. The summed E-state index contributed by atoms with van der Waals surface area (Å²) in [4.78, 5) is 0.0770. The van der Waals surface area contributed by atoms with E-state index < -0.39 is 10.0 Å². The van der Waals surface area contributed by atoms with E-state index in [0.29, 0.717) is 22.4 Å². The summed E-state index contributed by atoms with van der Waals surface area (Å²) in [5.74, 6) is 0.120. The van der Waals surface area contributed by atoms with Gasteiger partial charge in [-0.15, -0.1) is 4.40 Å². The second kappa shape index (κ2) is 8.57. The highest BCUT2D eigenvalue weighted by Gasteiger charge is 2.18. The van der Waals surface area contributed by atoms with Gasteiger partial charge in [-0.1, -0.05) is 57.9 Å². The number of aromatic hydroxyl groups is 1. The Morgan fingerprint density at radius 2 is 1.69 bits per heavy atom. The van der Waals surface area contributed by atoms with Crippen LogP contribution in [0.5, 0.6) is 5.75 Å². The Morgan fingerprint density at radius 3 is 2.31 bits per heavy atom. The van der Waals surface area contributed by atoms with Crippen molar-refractivity contribution >= 4 is 49.1 Å². The number of sulfonamides is 1. The van der Waals surface area contributed by atoms with Gasteiger partial charge in [0.1, 0.15) is 5.75 Å². The van der Waals surface area contributed by atoms with Gasteiger partial charge in [-0.25, -0.2) is 0 Å². The van der Waals surface area contributed by atoms with E-state index in [1.165, 1.54) is 18.2 Å². The van der Waals surface area contributed by atoms with E-state index in [0.717, 1.165) is 4.47 Å². The highest BCUT2D eigenvalue weighted by atomic mass is 79.9. The lowest BCUT2D eigenvalue weighted by Gasteiger charge is -2.17. The van der Waals surface area contributed by atoms with Crippen LogP contribution >= 0.6 is 27.5 Å². The van der Waals surface area contributed by atoms with Crippen LogP contribution in [0.15, 0.2) is 74.4 Å². The average Bonchev–Trinajstić information content (AvgIpc) is 2.69. The molecule has 3 aromatic carbocycles. The van der Waals surface area contributed by atoms with Crippen LogP contribution in [0.3, 0.4) is 0 Å². The summed E-state index contributed by atoms with van der Waals surface area (Å²) in [6.45, 7) is 3.53. The van der Waals surface area contributed by atoms with Crippen molar-refractivity contribution in [2.75, 3.05) is 5.32 Å². The van der Waals surface area contributed by atoms with Crippen molar-refractivity contribution in [3.63, 3.8) is 0 Å². The molecule has 2 N–H and O–H groups in total. The minimum Gasteiger partial charge on any atom is -0.506 e. The molecule has 0 aliphatic rings. The molecule has 0 radical (unpaired) electrons. The summed E-state index contributed by atoms with van der Waals surface area (Å²) in [6.07, 6.45) is 0. The zero-order valence-corrected chi connectivity index (χ0v) is 18.8. The minimum atomic E-state index is -3.97. The third-order valence-electron chi connectivity index (χ3n) is 4.29. The number of anilines is 1. The summed E-state index contributed by atoms with van der Waals surface area (Å²) in [5, 5.41) is 13.2. The van der Waals surface area contributed by atoms with Gasteiger partial charge < -0.3 is 10.4 Å². The largest absolute Gasteiger partial charge is 0.506 e. The van der Waals surface area contributed by atoms with Crippen molar-refractivity contribution in [1.82, 2.24) is 0 Å². The van der Waals surface area contributed by atoms with Crippen LogP contribution in [-0.4, -0.2) is 19.4 Å². The first-order valence-corrected chi connectivity index (χ1v) is 11.2. The van der Waals surface area contributed by atoms with Crippen LogP contribution in [0.2, 0.25) is 5.02 Å². The van der Waals surface area contributed by atoms with Gasteiger partial charge in [0, 0.05) is 15.7 Å². The number of nitrogens with zero attached hydrogens (tertiary/aromatic N) is 1. The van der Waals surface area contributed by atoms with E-state index in [9.17, 15) is 13.5 Å². The highest BCUT2D eigenvalue weighted by molar-refractivity contribution is 9.10. The van der Waals surface area contributed by atoms with Gasteiger partial charge in [0.15, 0.2) is 5.84 Å². The predicted octanol–water partition coefficient (Wildman–Crippen LogP) is 5.67. The molecule has 0 heterocycles. The number of hydrogen-bond donors (Lipinski definition) is 2. The molecule has 5 nitrogen and oxygen atoms in total. The first kappa shape index (κ1) is 21.4. The van der Waals surface area contributed by atoms with Crippen molar-refractivity contribution in [3.05, 3.63) is 86.8 Å². The fourth-order valence-electron chi connectivity index (χ4n) is 2.77. The molecular formula is C21H18BrClN2O3S. The Kier molecular flexibility index (Phi) is 6.31. The molecule has 0 aliphatic heterocycles. The lowest BCUT2D eigenvalue weighted by molar-refractivity contribution is 0.475. The SMILES string of the molecule is Cc1cc(O)c(Cl)c(C)c1NC(=NS(=O)(=O)c1ccc(Br)cc1)c1ccccc1. The molecule has 0 atom stereocenters. The summed E-state index contributed by atoms with van der Waals surface area (Å²) in [7, 11) is -3.97. The van der Waals surface area contributed by atoms with Gasteiger partial charge in [-0.2, -0.15) is 8.42 Å². The standard InChI is InChI=1S/C21H18BrClN2O3S/c1-13-12-18(26)19(23)14(2)20(13)24-21(15-6-4-3-5-7-15)25-29(27,28)17-10-8-16(22)9-11-17/h3-12,26H,1-2H3,(H,24,25). The van der Waals surface area contributed by atoms with Crippen molar-refractivity contribution in [1.29, 1.82) is 0 Å². The first-order valence-electron chi connectivity index (χ1n) is 8.60. The molecule has 150 valence electrons. The molecule has 8 heteroatoms. The minimum absolute atomic E-state index is 0.0344. The second-order valence-corrected chi connectivity index (χ2v) is 9.28. The van der Waals surface area contributed by atoms with Crippen LogP contribution < -0.4 is 5.32 Å². The van der Waals surface area contributed by atoms with Crippen LogP contribution in [0, 0.1) is 13.8 Å². The maximum absolute atomic E-state index is 12.9. The number of amidine groups is 1. The van der Waals surface area contributed by atoms with Gasteiger partial charge in [-0.3, -0.25) is 0 Å². The summed E-state index contributed by atoms with van der Waals surface area (Å²) >= 11 is 9.47. The Morgan fingerprint density at radius 1 is 1.07 bits per heavy atom. The van der Waals surface area contributed by atoms with Gasteiger partial charge in [0.2, 0.25) is 0 Å². The lowest BCUT2D eigenvalue weighted by Crippen LogP contribution is -2.18. The number of halogens is 2. The van der Waals surface area contributed by atoms with Crippen molar-refractivity contribution in [2.45, 2.75) is 18.7 Å². The number of phenolic OH excluding ortho intramolecular Hbond substituents is 1. The Balaban J connectivity index is 2.14. The quantitative estimate of drug-likeness (QED) is 0.279. The van der Waals surface area contributed by atoms with Crippen LogP contribution in [0.25, 0.3) is 0 Å². The fourth-order valence-corrected chi connectivity index (χ4v) is 4.16. The molecule has 0 fully saturated rings. The molecular weight excluding hydrogens is 476 g/mol. The summed E-state index contributed by atoms with van der Waals surface area (Å²) in [5.41, 5.74) is 2.47. The number of hydrogen-bond acceptors (Lipinski definition) is 3. The molecule has 3 rings (SSSR count). The molecule has 0 aliphatic carbocycles. The van der Waals surface area contributed by atoms with Crippen molar-refractivity contribution < 1.29 is 13.5 Å². The Labute approximate surface area is 183 Å². The van der Waals surface area contributed by atoms with Gasteiger partial charge in [0.05, 0.1) is 9.92 Å². The molecule has 0 amide bonds. The predicted molar refractivity (Wildman–Crippen MR) is 121 cm³/mol. The zero-order valence-electron chi connectivity index (χ0n) is 15.6. The summed E-state index contributed by atoms with van der Waals surface area (Å²) < 4.78 is 30.6. The van der Waals surface area contributed by atoms with Crippen molar-refractivity contribution in [3.8, 4) is 5.75 Å². The zero-order chi connectivity index (χ0) is 21.2. The monoisotopic (exact) mass is 492 g/mol. The number of phenols is 1. The van der Waals surface area contributed by atoms with Crippen LogP contribution in [0.4, 0.5) is 5.69 Å². The molecule has 0 saturated heterocycles. The molecule has 29 heavy (non-hydrogen) atoms. The van der Waals surface area contributed by atoms with Crippen molar-refractivity contribution in [2.24, 2.45) is 4.40 Å². The molecule has 3 aromatic rings. The second-order valence-electron chi connectivity index (χ2n) is 6.39. The number of aryl methyl sites for hydroxylation is 1. The van der Waals surface area contributed by atoms with E-state index in [1.54, 1.807) is 50.2 Å². The highest BCUT2D eigenvalue weighted by Crippen LogP contribution is 2.35. The van der Waals surface area contributed by atoms with E-state index in [-0.39, 0.29) is 21.5 Å².